The molecule has 0 unspecified atom stereocenters. The Morgan fingerprint density at radius 3 is 2.88 bits per heavy atom. The van der Waals surface area contributed by atoms with Gasteiger partial charge in [-0.1, -0.05) is 29.8 Å². The van der Waals surface area contributed by atoms with Gasteiger partial charge >= 0.3 is 0 Å². The molecular formula is C22H15ClN4O4S. The number of amidine groups is 1. The van der Waals surface area contributed by atoms with Crippen molar-refractivity contribution in [2.45, 2.75) is 0 Å². The number of non-ortho nitro benzene ring substituents is 1. The third-order valence-corrected chi connectivity index (χ3v) is 5.69. The number of amides is 1. The van der Waals surface area contributed by atoms with Crippen molar-refractivity contribution in [1.29, 1.82) is 0 Å². The van der Waals surface area contributed by atoms with Crippen molar-refractivity contribution in [2.24, 2.45) is 4.99 Å². The molecule has 1 aliphatic rings. The van der Waals surface area contributed by atoms with Gasteiger partial charge < -0.3 is 4.42 Å². The van der Waals surface area contributed by atoms with Gasteiger partial charge in [0.15, 0.2) is 10.3 Å². The minimum atomic E-state index is -0.466. The molecule has 8 nitrogen and oxygen atoms in total. The highest BCUT2D eigenvalue weighted by atomic mass is 35.5. The lowest BCUT2D eigenvalue weighted by Gasteiger charge is -2.12. The van der Waals surface area contributed by atoms with Crippen molar-refractivity contribution >= 4 is 51.9 Å². The molecule has 0 bridgehead atoms. The van der Waals surface area contributed by atoms with Crippen molar-refractivity contribution < 1.29 is 14.1 Å². The van der Waals surface area contributed by atoms with Crippen LogP contribution in [0.15, 0.2) is 81.7 Å². The highest BCUT2D eigenvalue weighted by molar-refractivity contribution is 8.18. The maximum absolute atomic E-state index is 12.9. The predicted octanol–water partition coefficient (Wildman–Crippen LogP) is 5.69. The van der Waals surface area contributed by atoms with E-state index in [1.54, 1.807) is 54.7 Å². The Hall–Kier alpha value is -3.69. The zero-order valence-corrected chi connectivity index (χ0v) is 18.0. The van der Waals surface area contributed by atoms with Crippen LogP contribution >= 0.6 is 23.4 Å². The van der Waals surface area contributed by atoms with Crippen LogP contribution in [-0.2, 0) is 4.79 Å². The summed E-state index contributed by atoms with van der Waals surface area (Å²) < 4.78 is 5.81. The van der Waals surface area contributed by atoms with Gasteiger partial charge in [-0.25, -0.2) is 9.98 Å². The van der Waals surface area contributed by atoms with Gasteiger partial charge in [0.25, 0.3) is 11.6 Å². The fourth-order valence-corrected chi connectivity index (χ4v) is 4.08. The van der Waals surface area contributed by atoms with Crippen molar-refractivity contribution in [2.75, 3.05) is 6.54 Å². The van der Waals surface area contributed by atoms with E-state index >= 15 is 0 Å². The van der Waals surface area contributed by atoms with E-state index in [-0.39, 0.29) is 23.3 Å². The number of pyridine rings is 1. The molecule has 1 aromatic carbocycles. The zero-order chi connectivity index (χ0) is 22.7. The van der Waals surface area contributed by atoms with E-state index in [1.165, 1.54) is 28.8 Å². The molecule has 0 atom stereocenters. The molecule has 1 aliphatic heterocycles. The molecule has 3 heterocycles. The highest BCUT2D eigenvalue weighted by Crippen LogP contribution is 2.36. The van der Waals surface area contributed by atoms with E-state index in [4.69, 9.17) is 16.0 Å². The van der Waals surface area contributed by atoms with Gasteiger partial charge in [0, 0.05) is 36.5 Å². The van der Waals surface area contributed by atoms with Gasteiger partial charge in [-0.15, -0.1) is 6.58 Å². The fourth-order valence-electron chi connectivity index (χ4n) is 2.93. The summed E-state index contributed by atoms with van der Waals surface area (Å²) in [5, 5.41) is 11.7. The summed E-state index contributed by atoms with van der Waals surface area (Å²) in [6, 6.07) is 12.9. The number of carbonyl (C=O) groups excluding carboxylic acids is 1. The van der Waals surface area contributed by atoms with Gasteiger partial charge in [0.1, 0.15) is 17.2 Å². The number of furan rings is 1. The predicted molar refractivity (Wildman–Crippen MR) is 125 cm³/mol. The standard InChI is InChI=1S/C22H15ClN4O4S/c1-2-11-26-21(28)19(32-22(26)25-17-7-4-10-24-20(17)23)13-16-8-9-18(31-16)14-5-3-6-15(12-14)27(29)30/h2-10,12-13H,1,11H2/b19-13+,25-22?. The van der Waals surface area contributed by atoms with E-state index in [9.17, 15) is 14.9 Å². The van der Waals surface area contributed by atoms with Crippen LogP contribution in [0.3, 0.4) is 0 Å². The third kappa shape index (κ3) is 4.48. The number of thioether (sulfide) groups is 1. The number of halogens is 1. The van der Waals surface area contributed by atoms with Crippen LogP contribution in [-0.4, -0.2) is 32.4 Å². The first-order chi connectivity index (χ1) is 15.5. The fraction of sp³-hybridized carbons (Fsp3) is 0.0455. The van der Waals surface area contributed by atoms with Crippen LogP contribution in [0.2, 0.25) is 5.15 Å². The molecule has 0 saturated carbocycles. The van der Waals surface area contributed by atoms with Gasteiger partial charge in [-0.2, -0.15) is 0 Å². The second-order valence-corrected chi connectivity index (χ2v) is 7.90. The summed E-state index contributed by atoms with van der Waals surface area (Å²) in [5.41, 5.74) is 0.983. The number of hydrogen-bond donors (Lipinski definition) is 0. The normalized spacial score (nSPS) is 16.2. The molecule has 2 aromatic heterocycles. The molecule has 10 heteroatoms. The zero-order valence-electron chi connectivity index (χ0n) is 16.5. The topological polar surface area (TPSA) is 102 Å². The Kier molecular flexibility index (Phi) is 6.20. The highest BCUT2D eigenvalue weighted by Gasteiger charge is 2.33. The summed E-state index contributed by atoms with van der Waals surface area (Å²) in [5.74, 6) is 0.638. The SMILES string of the molecule is C=CCN1C(=O)/C(=C\c2ccc(-c3cccc([N+](=O)[O-])c3)o2)SC1=Nc1cccnc1Cl. The molecule has 3 aromatic rings. The molecule has 0 aliphatic carbocycles. The van der Waals surface area contributed by atoms with Gasteiger partial charge in [-0.3, -0.25) is 19.8 Å². The van der Waals surface area contributed by atoms with Crippen LogP contribution in [0.5, 0.6) is 0 Å². The second-order valence-electron chi connectivity index (χ2n) is 6.53. The Morgan fingerprint density at radius 2 is 2.12 bits per heavy atom. The number of nitrogens with zero attached hydrogens (tertiary/aromatic N) is 4. The summed E-state index contributed by atoms with van der Waals surface area (Å²) >= 11 is 7.28. The quantitative estimate of drug-likeness (QED) is 0.152. The van der Waals surface area contributed by atoms with Crippen LogP contribution in [0.1, 0.15) is 5.76 Å². The molecule has 160 valence electrons. The smallest absolute Gasteiger partial charge is 0.270 e. The number of hydrogen-bond acceptors (Lipinski definition) is 7. The van der Waals surface area contributed by atoms with Crippen LogP contribution in [0.4, 0.5) is 11.4 Å². The number of aromatic nitrogens is 1. The van der Waals surface area contributed by atoms with Crippen molar-refractivity contribution in [3.05, 3.63) is 93.3 Å². The van der Waals surface area contributed by atoms with Crippen molar-refractivity contribution in [3.63, 3.8) is 0 Å². The van der Waals surface area contributed by atoms with E-state index in [0.717, 1.165) is 0 Å². The van der Waals surface area contributed by atoms with E-state index < -0.39 is 4.92 Å². The van der Waals surface area contributed by atoms with Gasteiger partial charge in [0.05, 0.1) is 9.83 Å². The summed E-state index contributed by atoms with van der Waals surface area (Å²) in [7, 11) is 0. The third-order valence-electron chi connectivity index (χ3n) is 4.40. The number of aliphatic imine (C=N–C) groups is 1. The second kappa shape index (κ2) is 9.21. The van der Waals surface area contributed by atoms with Crippen molar-refractivity contribution in [1.82, 2.24) is 9.88 Å². The Bertz CT molecular complexity index is 1280. The lowest BCUT2D eigenvalue weighted by atomic mass is 10.1. The number of carbonyl (C=O) groups is 1. The molecule has 32 heavy (non-hydrogen) atoms. The van der Waals surface area contributed by atoms with Gasteiger partial charge in [-0.05, 0) is 36.0 Å². The number of rotatable bonds is 6. The number of nitro groups is 1. The molecule has 0 spiro atoms. The van der Waals surface area contributed by atoms with Crippen LogP contribution in [0.25, 0.3) is 17.4 Å². The summed E-state index contributed by atoms with van der Waals surface area (Å²) in [6.45, 7) is 3.98. The minimum absolute atomic E-state index is 0.0321. The molecule has 1 amide bonds. The summed E-state index contributed by atoms with van der Waals surface area (Å²) in [4.78, 5) is 33.8. The molecule has 1 saturated heterocycles. The van der Waals surface area contributed by atoms with Gasteiger partial charge in [0.2, 0.25) is 0 Å². The summed E-state index contributed by atoms with van der Waals surface area (Å²) in [6.07, 6.45) is 4.77. The Labute approximate surface area is 192 Å². The molecule has 1 fully saturated rings. The van der Waals surface area contributed by atoms with Crippen molar-refractivity contribution in [3.8, 4) is 11.3 Å². The maximum Gasteiger partial charge on any atom is 0.270 e. The van der Waals surface area contributed by atoms with Crippen LogP contribution < -0.4 is 0 Å². The first-order valence-corrected chi connectivity index (χ1v) is 10.5. The lowest BCUT2D eigenvalue weighted by molar-refractivity contribution is -0.384. The largest absolute Gasteiger partial charge is 0.457 e. The maximum atomic E-state index is 12.9. The van der Waals surface area contributed by atoms with Crippen LogP contribution in [0, 0.1) is 10.1 Å². The first-order valence-electron chi connectivity index (χ1n) is 9.32. The average molecular weight is 467 g/mol. The monoisotopic (exact) mass is 466 g/mol. The Morgan fingerprint density at radius 1 is 1.28 bits per heavy atom. The van der Waals surface area contributed by atoms with E-state index in [2.05, 4.69) is 16.6 Å². The molecule has 0 N–H and O–H groups in total. The lowest BCUT2D eigenvalue weighted by Crippen LogP contribution is -2.29. The van der Waals surface area contributed by atoms with E-state index in [0.29, 0.717) is 32.8 Å². The molecule has 0 radical (unpaired) electrons. The minimum Gasteiger partial charge on any atom is -0.457 e. The number of nitro benzene ring substituents is 1. The number of benzene rings is 1. The molecule has 4 rings (SSSR count). The Balaban J connectivity index is 1.64. The molecular weight excluding hydrogens is 452 g/mol. The first kappa shape index (κ1) is 21.5. The average Bonchev–Trinajstić information content (AvgIpc) is 3.36. The van der Waals surface area contributed by atoms with E-state index in [1.807, 2.05) is 0 Å².